The Bertz CT molecular complexity index is 369. The van der Waals surface area contributed by atoms with Crippen molar-refractivity contribution in [3.63, 3.8) is 0 Å². The summed E-state index contributed by atoms with van der Waals surface area (Å²) in [5, 5.41) is 9.61. The molecular weight excluding hydrogens is 204 g/mol. The molecule has 0 radical (unpaired) electrons. The van der Waals surface area contributed by atoms with Gasteiger partial charge >= 0.3 is 0 Å². The number of aliphatic hydroxyl groups excluding tert-OH is 1. The molecule has 0 saturated carbocycles. The summed E-state index contributed by atoms with van der Waals surface area (Å²) in [6, 6.07) is 1.89. The van der Waals surface area contributed by atoms with E-state index in [2.05, 4.69) is 9.97 Å². The number of piperidine rings is 1. The fraction of sp³-hybridized carbons (Fsp3) is 0.636. The minimum absolute atomic E-state index is 0.265. The number of hydrogen-bond donors (Lipinski definition) is 2. The van der Waals surface area contributed by atoms with Crippen LogP contribution in [0.4, 0.5) is 5.95 Å². The zero-order valence-corrected chi connectivity index (χ0v) is 9.56. The normalized spacial score (nSPS) is 21.2. The van der Waals surface area contributed by atoms with Crippen LogP contribution in [0.1, 0.15) is 24.2 Å². The zero-order chi connectivity index (χ0) is 11.5. The van der Waals surface area contributed by atoms with E-state index in [0.717, 1.165) is 30.8 Å². The summed E-state index contributed by atoms with van der Waals surface area (Å²) in [5.74, 6) is 0.694. The molecule has 1 aliphatic rings. The molecule has 2 rings (SSSR count). The van der Waals surface area contributed by atoms with Crippen molar-refractivity contribution in [1.29, 1.82) is 0 Å². The second-order valence-electron chi connectivity index (χ2n) is 4.25. The molecular formula is C11H18N4O. The maximum absolute atomic E-state index is 9.61. The lowest BCUT2D eigenvalue weighted by Gasteiger charge is -2.30. The molecule has 0 amide bonds. The molecule has 1 aromatic rings. The number of aryl methyl sites for hydroxylation is 1. The van der Waals surface area contributed by atoms with Crippen molar-refractivity contribution >= 4 is 5.95 Å². The molecule has 0 spiro atoms. The van der Waals surface area contributed by atoms with Gasteiger partial charge in [0.15, 0.2) is 0 Å². The smallest absolute Gasteiger partial charge is 0.225 e. The lowest BCUT2D eigenvalue weighted by Crippen LogP contribution is -2.39. The van der Waals surface area contributed by atoms with Crippen molar-refractivity contribution < 1.29 is 5.11 Å². The molecule has 16 heavy (non-hydrogen) atoms. The molecule has 2 heterocycles. The highest BCUT2D eigenvalue weighted by Gasteiger charge is 2.20. The number of β-amino-alcohol motifs (C(OH)–C–C–N with tert-alkyl or cyclic N) is 1. The third-order valence-electron chi connectivity index (χ3n) is 2.78. The monoisotopic (exact) mass is 222 g/mol. The molecule has 0 bridgehead atoms. The van der Waals surface area contributed by atoms with E-state index < -0.39 is 0 Å². The van der Waals surface area contributed by atoms with Crippen LogP contribution in [0.15, 0.2) is 6.07 Å². The van der Waals surface area contributed by atoms with Crippen LogP contribution in [0.3, 0.4) is 0 Å². The fourth-order valence-corrected chi connectivity index (χ4v) is 2.00. The van der Waals surface area contributed by atoms with Crippen LogP contribution in [0.5, 0.6) is 0 Å². The molecule has 0 aromatic carbocycles. The number of rotatable bonds is 2. The van der Waals surface area contributed by atoms with Crippen LogP contribution in [-0.4, -0.2) is 34.3 Å². The van der Waals surface area contributed by atoms with Crippen molar-refractivity contribution in [2.45, 2.75) is 32.4 Å². The van der Waals surface area contributed by atoms with Gasteiger partial charge in [0, 0.05) is 25.3 Å². The quantitative estimate of drug-likeness (QED) is 0.748. The van der Waals surface area contributed by atoms with Crippen LogP contribution >= 0.6 is 0 Å². The van der Waals surface area contributed by atoms with Gasteiger partial charge in [-0.1, -0.05) is 0 Å². The summed E-state index contributed by atoms with van der Waals surface area (Å²) in [5.41, 5.74) is 7.36. The zero-order valence-electron chi connectivity index (χ0n) is 9.56. The SMILES string of the molecule is Cc1cc(CN)nc(N2CCCC(O)C2)n1. The number of nitrogens with zero attached hydrogens (tertiary/aromatic N) is 3. The van der Waals surface area contributed by atoms with Gasteiger partial charge in [0.1, 0.15) is 0 Å². The van der Waals surface area contributed by atoms with E-state index in [1.165, 1.54) is 0 Å². The highest BCUT2D eigenvalue weighted by atomic mass is 16.3. The van der Waals surface area contributed by atoms with Gasteiger partial charge in [0.05, 0.1) is 11.8 Å². The van der Waals surface area contributed by atoms with Gasteiger partial charge in [-0.05, 0) is 25.8 Å². The first-order valence-corrected chi connectivity index (χ1v) is 5.66. The Morgan fingerprint density at radius 3 is 3.06 bits per heavy atom. The Kier molecular flexibility index (Phi) is 3.36. The minimum atomic E-state index is -0.265. The van der Waals surface area contributed by atoms with E-state index in [-0.39, 0.29) is 6.10 Å². The van der Waals surface area contributed by atoms with Crippen LogP contribution in [-0.2, 0) is 6.54 Å². The Hall–Kier alpha value is -1.20. The molecule has 1 unspecified atom stereocenters. The van der Waals surface area contributed by atoms with E-state index in [9.17, 15) is 5.11 Å². The molecule has 1 aliphatic heterocycles. The van der Waals surface area contributed by atoms with Gasteiger partial charge in [-0.25, -0.2) is 9.97 Å². The maximum Gasteiger partial charge on any atom is 0.225 e. The summed E-state index contributed by atoms with van der Waals surface area (Å²) < 4.78 is 0. The summed E-state index contributed by atoms with van der Waals surface area (Å²) >= 11 is 0. The Balaban J connectivity index is 2.21. The van der Waals surface area contributed by atoms with E-state index in [1.807, 2.05) is 17.9 Å². The Morgan fingerprint density at radius 2 is 2.38 bits per heavy atom. The minimum Gasteiger partial charge on any atom is -0.391 e. The van der Waals surface area contributed by atoms with Crippen molar-refractivity contribution in [3.8, 4) is 0 Å². The van der Waals surface area contributed by atoms with Gasteiger partial charge in [0.2, 0.25) is 5.95 Å². The van der Waals surface area contributed by atoms with Gasteiger partial charge in [-0.3, -0.25) is 0 Å². The molecule has 5 nitrogen and oxygen atoms in total. The average Bonchev–Trinajstić information content (AvgIpc) is 2.28. The van der Waals surface area contributed by atoms with Crippen LogP contribution < -0.4 is 10.6 Å². The summed E-state index contributed by atoms with van der Waals surface area (Å²) in [4.78, 5) is 10.8. The maximum atomic E-state index is 9.61. The van der Waals surface area contributed by atoms with E-state index >= 15 is 0 Å². The van der Waals surface area contributed by atoms with Crippen LogP contribution in [0.25, 0.3) is 0 Å². The average molecular weight is 222 g/mol. The van der Waals surface area contributed by atoms with Gasteiger partial charge in [-0.15, -0.1) is 0 Å². The molecule has 0 aliphatic carbocycles. The van der Waals surface area contributed by atoms with Gasteiger partial charge < -0.3 is 15.7 Å². The van der Waals surface area contributed by atoms with Gasteiger partial charge in [-0.2, -0.15) is 0 Å². The standard InChI is InChI=1S/C11H18N4O/c1-8-5-9(6-12)14-11(13-8)15-4-2-3-10(16)7-15/h5,10,16H,2-4,6-7,12H2,1H3. The van der Waals surface area contributed by atoms with Crippen LogP contribution in [0.2, 0.25) is 0 Å². The topological polar surface area (TPSA) is 75.3 Å². The predicted molar refractivity (Wildman–Crippen MR) is 62.1 cm³/mol. The first-order valence-electron chi connectivity index (χ1n) is 5.66. The largest absolute Gasteiger partial charge is 0.391 e. The number of aromatic nitrogens is 2. The summed E-state index contributed by atoms with van der Waals surface area (Å²) in [6.07, 6.45) is 1.59. The van der Waals surface area contributed by atoms with E-state index in [4.69, 9.17) is 5.73 Å². The fourth-order valence-electron chi connectivity index (χ4n) is 2.00. The second-order valence-corrected chi connectivity index (χ2v) is 4.25. The lowest BCUT2D eigenvalue weighted by molar-refractivity contribution is 0.153. The third kappa shape index (κ3) is 2.48. The van der Waals surface area contributed by atoms with Crippen molar-refractivity contribution in [2.24, 2.45) is 5.73 Å². The first kappa shape index (κ1) is 11.3. The second kappa shape index (κ2) is 4.76. The summed E-state index contributed by atoms with van der Waals surface area (Å²) in [6.45, 7) is 3.88. The van der Waals surface area contributed by atoms with Crippen molar-refractivity contribution in [2.75, 3.05) is 18.0 Å². The lowest BCUT2D eigenvalue weighted by atomic mass is 10.1. The first-order chi connectivity index (χ1) is 7.69. The van der Waals surface area contributed by atoms with E-state index in [1.54, 1.807) is 0 Å². The van der Waals surface area contributed by atoms with E-state index in [0.29, 0.717) is 19.0 Å². The summed E-state index contributed by atoms with van der Waals surface area (Å²) in [7, 11) is 0. The highest BCUT2D eigenvalue weighted by molar-refractivity contribution is 5.33. The molecule has 5 heteroatoms. The van der Waals surface area contributed by atoms with Crippen molar-refractivity contribution in [1.82, 2.24) is 9.97 Å². The Morgan fingerprint density at radius 1 is 1.56 bits per heavy atom. The van der Waals surface area contributed by atoms with Crippen LogP contribution in [0, 0.1) is 6.92 Å². The third-order valence-corrected chi connectivity index (χ3v) is 2.78. The van der Waals surface area contributed by atoms with Gasteiger partial charge in [0.25, 0.3) is 0 Å². The number of nitrogens with two attached hydrogens (primary N) is 1. The number of anilines is 1. The molecule has 1 aromatic heterocycles. The molecule has 1 saturated heterocycles. The highest BCUT2D eigenvalue weighted by Crippen LogP contribution is 2.16. The molecule has 1 atom stereocenters. The predicted octanol–water partition coefficient (Wildman–Crippen LogP) is 0.205. The number of hydrogen-bond acceptors (Lipinski definition) is 5. The molecule has 3 N–H and O–H groups in total. The number of aliphatic hydroxyl groups is 1. The van der Waals surface area contributed by atoms with Crippen molar-refractivity contribution in [3.05, 3.63) is 17.5 Å². The molecule has 88 valence electrons. The Labute approximate surface area is 95.3 Å². The molecule has 1 fully saturated rings.